The quantitative estimate of drug-likeness (QED) is 0.204. The Morgan fingerprint density at radius 3 is 2.45 bits per heavy atom. The molecule has 3 aromatic rings. The molecular weight excluding hydrogens is 532 g/mol. The summed E-state index contributed by atoms with van der Waals surface area (Å²) in [6.07, 6.45) is 3.57. The Morgan fingerprint density at radius 2 is 1.74 bits per heavy atom. The molecule has 0 unspecified atom stereocenters. The zero-order valence-corrected chi connectivity index (χ0v) is 24.9. The van der Waals surface area contributed by atoms with Gasteiger partial charge in [0, 0.05) is 24.3 Å². The lowest BCUT2D eigenvalue weighted by Crippen LogP contribution is -2.37. The molecule has 42 heavy (non-hydrogen) atoms. The molecule has 3 aromatic carbocycles. The first-order valence-corrected chi connectivity index (χ1v) is 14.6. The maximum Gasteiger partial charge on any atom is 0.339 e. The molecule has 8 nitrogen and oxygen atoms in total. The van der Waals surface area contributed by atoms with Crippen LogP contribution in [0.4, 0.5) is 5.69 Å². The van der Waals surface area contributed by atoms with Gasteiger partial charge in [0.1, 0.15) is 29.4 Å². The highest BCUT2D eigenvalue weighted by molar-refractivity contribution is 5.91. The van der Waals surface area contributed by atoms with Crippen LogP contribution >= 0.6 is 0 Å². The van der Waals surface area contributed by atoms with Gasteiger partial charge in [-0.05, 0) is 72.6 Å². The van der Waals surface area contributed by atoms with E-state index in [0.29, 0.717) is 42.3 Å². The van der Waals surface area contributed by atoms with Crippen LogP contribution in [0.1, 0.15) is 61.5 Å². The molecule has 1 aliphatic rings. The van der Waals surface area contributed by atoms with E-state index in [1.165, 1.54) is 26.0 Å². The zero-order chi connectivity index (χ0) is 30.1. The van der Waals surface area contributed by atoms with Crippen LogP contribution in [0.25, 0.3) is 0 Å². The minimum atomic E-state index is -1.10. The van der Waals surface area contributed by atoms with E-state index in [-0.39, 0.29) is 29.9 Å². The second kappa shape index (κ2) is 14.7. The van der Waals surface area contributed by atoms with Crippen LogP contribution < -0.4 is 20.1 Å². The van der Waals surface area contributed by atoms with Crippen molar-refractivity contribution >= 4 is 17.6 Å². The van der Waals surface area contributed by atoms with Crippen LogP contribution in [0.2, 0.25) is 0 Å². The molecule has 0 aliphatic heterocycles. The third-order valence-corrected chi connectivity index (χ3v) is 7.93. The average Bonchev–Trinajstić information content (AvgIpc) is 2.99. The maximum atomic E-state index is 12.5. The van der Waals surface area contributed by atoms with E-state index in [0.717, 1.165) is 23.2 Å². The second-order valence-corrected chi connectivity index (χ2v) is 11.4. The molecular formula is C34H42N2O6. The number of carbonyl (C=O) groups excluding carboxylic acids is 1. The van der Waals surface area contributed by atoms with Gasteiger partial charge in [-0.15, -0.1) is 0 Å². The molecule has 0 aromatic heterocycles. The third kappa shape index (κ3) is 8.49. The lowest BCUT2D eigenvalue weighted by Gasteiger charge is -2.37. The summed E-state index contributed by atoms with van der Waals surface area (Å²) in [6, 6.07) is 20.0. The minimum Gasteiger partial charge on any atom is -0.497 e. The standard InChI is InChI=1S/C34H42N2O6/c1-22(2)28-15-9-23(3)17-32(28)41-21-33(37)36-19-24-10-12-26(13-11-24)35-20-25-7-5-6-8-30(25)42-31-16-14-27(40-4)18-29(31)34(38)39/h5-8,10-14,16,18,22-23,28,32,35H,9,15,17,19-21H2,1-4H3,(H,36,37)(H,38,39)/t23-,28+,32-/m1/s1. The normalized spacial score (nSPS) is 18.4. The number of hydrogen-bond acceptors (Lipinski definition) is 6. The number of methoxy groups -OCH3 is 1. The van der Waals surface area contributed by atoms with Crippen LogP contribution in [0.15, 0.2) is 66.7 Å². The summed E-state index contributed by atoms with van der Waals surface area (Å²) in [5.74, 6) is 1.75. The molecule has 0 saturated heterocycles. The predicted octanol–water partition coefficient (Wildman–Crippen LogP) is 6.89. The highest BCUT2D eigenvalue weighted by Crippen LogP contribution is 2.35. The first-order chi connectivity index (χ1) is 20.2. The van der Waals surface area contributed by atoms with E-state index < -0.39 is 5.97 Å². The molecule has 1 aliphatic carbocycles. The Labute approximate surface area is 248 Å². The number of anilines is 1. The summed E-state index contributed by atoms with van der Waals surface area (Å²) in [4.78, 5) is 24.3. The van der Waals surface area contributed by atoms with Gasteiger partial charge in [-0.3, -0.25) is 4.79 Å². The highest BCUT2D eigenvalue weighted by atomic mass is 16.5. The molecule has 1 fully saturated rings. The van der Waals surface area contributed by atoms with Gasteiger partial charge >= 0.3 is 5.97 Å². The second-order valence-electron chi connectivity index (χ2n) is 11.4. The Hall–Kier alpha value is -4.04. The van der Waals surface area contributed by atoms with Crippen molar-refractivity contribution in [3.8, 4) is 17.2 Å². The van der Waals surface area contributed by atoms with Crippen LogP contribution in [-0.4, -0.2) is 36.8 Å². The van der Waals surface area contributed by atoms with E-state index in [1.54, 1.807) is 18.2 Å². The zero-order valence-electron chi connectivity index (χ0n) is 24.9. The number of para-hydroxylation sites is 1. The van der Waals surface area contributed by atoms with Gasteiger partial charge < -0.3 is 30.0 Å². The fraction of sp³-hybridized carbons (Fsp3) is 0.412. The third-order valence-electron chi connectivity index (χ3n) is 7.93. The Balaban J connectivity index is 1.28. The number of rotatable bonds is 13. The van der Waals surface area contributed by atoms with Crippen molar-refractivity contribution in [2.24, 2.45) is 17.8 Å². The fourth-order valence-corrected chi connectivity index (χ4v) is 5.44. The predicted molar refractivity (Wildman–Crippen MR) is 163 cm³/mol. The summed E-state index contributed by atoms with van der Waals surface area (Å²) >= 11 is 0. The number of ether oxygens (including phenoxy) is 3. The van der Waals surface area contributed by atoms with E-state index in [1.807, 2.05) is 42.5 Å². The van der Waals surface area contributed by atoms with Crippen molar-refractivity contribution in [3.63, 3.8) is 0 Å². The first-order valence-electron chi connectivity index (χ1n) is 14.6. The van der Waals surface area contributed by atoms with Crippen molar-refractivity contribution in [3.05, 3.63) is 83.4 Å². The van der Waals surface area contributed by atoms with Crippen LogP contribution in [0.5, 0.6) is 17.2 Å². The minimum absolute atomic E-state index is 0.0229. The van der Waals surface area contributed by atoms with Crippen LogP contribution in [0.3, 0.4) is 0 Å². The van der Waals surface area contributed by atoms with Gasteiger partial charge in [-0.1, -0.05) is 57.5 Å². The summed E-state index contributed by atoms with van der Waals surface area (Å²) in [5.41, 5.74) is 2.79. The summed E-state index contributed by atoms with van der Waals surface area (Å²) in [7, 11) is 1.49. The monoisotopic (exact) mass is 574 g/mol. The summed E-state index contributed by atoms with van der Waals surface area (Å²) in [6.45, 7) is 7.73. The lowest BCUT2D eigenvalue weighted by atomic mass is 9.75. The van der Waals surface area contributed by atoms with E-state index in [9.17, 15) is 14.7 Å². The number of carboxylic acid groups (broad SMARTS) is 1. The number of benzene rings is 3. The number of hydrogen-bond donors (Lipinski definition) is 3. The summed E-state index contributed by atoms with van der Waals surface area (Å²) < 4.78 is 17.2. The number of nitrogens with one attached hydrogen (secondary N) is 2. The van der Waals surface area contributed by atoms with Gasteiger partial charge in [0.05, 0.1) is 13.2 Å². The smallest absolute Gasteiger partial charge is 0.339 e. The highest BCUT2D eigenvalue weighted by Gasteiger charge is 2.31. The van der Waals surface area contributed by atoms with Crippen molar-refractivity contribution in [2.75, 3.05) is 19.0 Å². The Morgan fingerprint density at radius 1 is 0.976 bits per heavy atom. The van der Waals surface area contributed by atoms with Gasteiger partial charge in [0.15, 0.2) is 0 Å². The van der Waals surface area contributed by atoms with E-state index in [2.05, 4.69) is 31.4 Å². The van der Waals surface area contributed by atoms with Crippen molar-refractivity contribution < 1.29 is 28.9 Å². The SMILES string of the molecule is COc1ccc(Oc2ccccc2CNc2ccc(CNC(=O)CO[C@@H]3C[C@H](C)CC[C@H]3C(C)C)cc2)c(C(=O)O)c1. The molecule has 1 amide bonds. The Bertz CT molecular complexity index is 1340. The number of amides is 1. The van der Waals surface area contributed by atoms with Crippen molar-refractivity contribution in [1.82, 2.24) is 5.32 Å². The average molecular weight is 575 g/mol. The van der Waals surface area contributed by atoms with Gasteiger partial charge in [0.2, 0.25) is 5.91 Å². The van der Waals surface area contributed by atoms with Crippen molar-refractivity contribution in [1.29, 1.82) is 0 Å². The molecule has 3 N–H and O–H groups in total. The molecule has 3 atom stereocenters. The number of carboxylic acids is 1. The molecule has 1 saturated carbocycles. The first kappa shape index (κ1) is 30.9. The molecule has 0 radical (unpaired) electrons. The number of aromatic carboxylic acids is 1. The van der Waals surface area contributed by atoms with E-state index in [4.69, 9.17) is 14.2 Å². The molecule has 0 spiro atoms. The van der Waals surface area contributed by atoms with Crippen LogP contribution in [0, 0.1) is 17.8 Å². The molecule has 0 heterocycles. The Kier molecular flexibility index (Phi) is 10.8. The van der Waals surface area contributed by atoms with Gasteiger partial charge in [-0.2, -0.15) is 0 Å². The van der Waals surface area contributed by atoms with Gasteiger partial charge in [-0.25, -0.2) is 4.79 Å². The van der Waals surface area contributed by atoms with Gasteiger partial charge in [0.25, 0.3) is 0 Å². The summed E-state index contributed by atoms with van der Waals surface area (Å²) in [5, 5.41) is 16.0. The van der Waals surface area contributed by atoms with Crippen LogP contribution in [-0.2, 0) is 22.6 Å². The topological polar surface area (TPSA) is 106 Å². The maximum absolute atomic E-state index is 12.5. The van der Waals surface area contributed by atoms with Crippen molar-refractivity contribution in [2.45, 2.75) is 59.2 Å². The number of carbonyl (C=O) groups is 2. The largest absolute Gasteiger partial charge is 0.497 e. The fourth-order valence-electron chi connectivity index (χ4n) is 5.44. The molecule has 0 bridgehead atoms. The molecule has 4 rings (SSSR count). The van der Waals surface area contributed by atoms with E-state index >= 15 is 0 Å². The molecule has 8 heteroatoms. The molecule has 224 valence electrons. The lowest BCUT2D eigenvalue weighted by molar-refractivity contribution is -0.131.